The molecular weight excluding hydrogens is 420 g/mol. The van der Waals surface area contributed by atoms with Crippen molar-refractivity contribution in [2.75, 3.05) is 0 Å². The van der Waals surface area contributed by atoms with Gasteiger partial charge in [0.15, 0.2) is 0 Å². The molecule has 0 bridgehead atoms. The van der Waals surface area contributed by atoms with Gasteiger partial charge in [0.25, 0.3) is 0 Å². The lowest BCUT2D eigenvalue weighted by Gasteiger charge is -2.03. The maximum absolute atomic E-state index is 2.45. The third kappa shape index (κ3) is 23.7. The van der Waals surface area contributed by atoms with E-state index in [-0.39, 0.29) is 0 Å². The predicted molar refractivity (Wildman–Crippen MR) is 163 cm³/mol. The summed E-state index contributed by atoms with van der Waals surface area (Å²) in [6, 6.07) is 0. The molecule has 0 nitrogen and oxygen atoms in total. The van der Waals surface area contributed by atoms with E-state index in [0.717, 1.165) is 0 Å². The molecule has 0 aliphatic heterocycles. The first-order chi connectivity index (χ1) is 16.6. The van der Waals surface area contributed by atoms with Crippen LogP contribution in [0.5, 0.6) is 0 Å². The lowest BCUT2D eigenvalue weighted by atomic mass is 10.0. The molecule has 35 heavy (non-hydrogen) atoms. The molecule has 0 fully saturated rings. The Balaban J connectivity index is 4.11. The Morgan fingerprint density at radius 2 is 0.486 bits per heavy atom. The zero-order chi connectivity index (χ0) is 26.5. The maximum atomic E-state index is 2.45. The summed E-state index contributed by atoms with van der Waals surface area (Å²) in [5.41, 5.74) is 10.5. The van der Waals surface area contributed by atoms with Gasteiger partial charge in [0.05, 0.1) is 0 Å². The fraction of sp³-hybridized carbons (Fsp3) is 0.600. The third-order valence-electron chi connectivity index (χ3n) is 6.43. The van der Waals surface area contributed by atoms with Crippen LogP contribution in [0.3, 0.4) is 0 Å². The zero-order valence-corrected chi connectivity index (χ0v) is 25.0. The maximum Gasteiger partial charge on any atom is -0.0288 e. The highest BCUT2D eigenvalue weighted by atomic mass is 14.0. The number of allylic oxidation sites excluding steroid dienone is 14. The smallest absolute Gasteiger partial charge is 0.0288 e. The Hall–Kier alpha value is -1.82. The number of unbranched alkanes of at least 4 members (excludes halogenated alkanes) is 1. The predicted octanol–water partition coefficient (Wildman–Crippen LogP) is 12.3. The van der Waals surface area contributed by atoms with Crippen LogP contribution >= 0.6 is 0 Å². The van der Waals surface area contributed by atoms with E-state index in [1.807, 2.05) is 0 Å². The molecule has 0 saturated carbocycles. The molecule has 0 atom stereocenters. The Morgan fingerprint density at radius 3 is 0.714 bits per heavy atom. The summed E-state index contributed by atoms with van der Waals surface area (Å²) < 4.78 is 0. The quantitative estimate of drug-likeness (QED) is 0.136. The Labute approximate surface area is 220 Å². The van der Waals surface area contributed by atoms with Crippen molar-refractivity contribution >= 4 is 0 Å². The van der Waals surface area contributed by atoms with Crippen LogP contribution in [0.2, 0.25) is 0 Å². The molecule has 0 aromatic heterocycles. The zero-order valence-electron chi connectivity index (χ0n) is 25.0. The fourth-order valence-electron chi connectivity index (χ4n) is 3.99. The van der Waals surface area contributed by atoms with Crippen molar-refractivity contribution < 1.29 is 0 Å². The van der Waals surface area contributed by atoms with Crippen molar-refractivity contribution in [1.82, 2.24) is 0 Å². The van der Waals surface area contributed by atoms with Gasteiger partial charge in [-0.25, -0.2) is 0 Å². The Morgan fingerprint density at radius 1 is 0.286 bits per heavy atom. The van der Waals surface area contributed by atoms with Crippen molar-refractivity contribution in [3.05, 3.63) is 81.5 Å². The summed E-state index contributed by atoms with van der Waals surface area (Å²) in [7, 11) is 0. The van der Waals surface area contributed by atoms with E-state index in [0.29, 0.717) is 0 Å². The average molecular weight is 479 g/mol. The van der Waals surface area contributed by atoms with Gasteiger partial charge < -0.3 is 0 Å². The highest BCUT2D eigenvalue weighted by Crippen LogP contribution is 2.15. The minimum absolute atomic E-state index is 1.17. The molecule has 0 aromatic rings. The third-order valence-corrected chi connectivity index (χ3v) is 6.43. The van der Waals surface area contributed by atoms with Crippen molar-refractivity contribution in [1.29, 1.82) is 0 Å². The molecular formula is C35H58. The molecule has 0 unspecified atom stereocenters. The Bertz CT molecular complexity index is 778. The van der Waals surface area contributed by atoms with Crippen LogP contribution in [0.15, 0.2) is 81.5 Å². The molecule has 0 aliphatic rings. The molecule has 0 heterocycles. The fourth-order valence-corrected chi connectivity index (χ4v) is 3.99. The SMILES string of the molecule is CC(C)=CCC/C(C)=C/CC/C(C)=C/CC/C=C(\C)CC/C=C(\C)CC/C=C(\C)CCC=C(C)C. The van der Waals surface area contributed by atoms with Crippen LogP contribution in [0.1, 0.15) is 139 Å². The number of hydrogen-bond acceptors (Lipinski definition) is 0. The van der Waals surface area contributed by atoms with E-state index < -0.39 is 0 Å². The van der Waals surface area contributed by atoms with Crippen molar-refractivity contribution in [2.45, 2.75) is 139 Å². The van der Waals surface area contributed by atoms with E-state index in [4.69, 9.17) is 0 Å². The van der Waals surface area contributed by atoms with E-state index >= 15 is 0 Å². The highest BCUT2D eigenvalue weighted by Gasteiger charge is 1.95. The lowest BCUT2D eigenvalue weighted by molar-refractivity contribution is 0.890. The second kappa shape index (κ2) is 21.5. The second-order valence-corrected chi connectivity index (χ2v) is 11.1. The average Bonchev–Trinajstić information content (AvgIpc) is 2.76. The van der Waals surface area contributed by atoms with E-state index in [1.165, 1.54) is 116 Å². The molecule has 0 radical (unpaired) electrons. The van der Waals surface area contributed by atoms with Gasteiger partial charge in [0, 0.05) is 0 Å². The van der Waals surface area contributed by atoms with E-state index in [1.54, 1.807) is 0 Å². The van der Waals surface area contributed by atoms with Gasteiger partial charge in [-0.2, -0.15) is 0 Å². The van der Waals surface area contributed by atoms with E-state index in [2.05, 4.69) is 105 Å². The molecule has 0 spiro atoms. The van der Waals surface area contributed by atoms with Gasteiger partial charge in [-0.05, 0) is 139 Å². The van der Waals surface area contributed by atoms with Gasteiger partial charge >= 0.3 is 0 Å². The number of hydrogen-bond donors (Lipinski definition) is 0. The molecule has 0 aromatic carbocycles. The molecule has 0 N–H and O–H groups in total. The number of rotatable bonds is 18. The first-order valence-electron chi connectivity index (χ1n) is 14.1. The molecule has 0 amide bonds. The van der Waals surface area contributed by atoms with Crippen LogP contribution in [-0.4, -0.2) is 0 Å². The summed E-state index contributed by atoms with van der Waals surface area (Å²) in [4.78, 5) is 0. The molecule has 198 valence electrons. The first-order valence-corrected chi connectivity index (χ1v) is 14.1. The van der Waals surface area contributed by atoms with Crippen molar-refractivity contribution in [3.63, 3.8) is 0 Å². The summed E-state index contributed by atoms with van der Waals surface area (Å²) in [6.07, 6.45) is 31.0. The summed E-state index contributed by atoms with van der Waals surface area (Å²) in [5.74, 6) is 0. The van der Waals surface area contributed by atoms with Crippen molar-refractivity contribution in [2.24, 2.45) is 0 Å². The standard InChI is InChI=1S/C35H58/c1-29(2)17-12-21-33(7)25-14-23-31(5)19-10-11-20-32(6)24-15-27-35(9)28-16-26-34(8)22-13-18-30(3)4/h17-20,25-27H,10-16,21-24,28H2,1-9H3/b31-19+,32-20+,33-25+,34-26+,35-27+. The topological polar surface area (TPSA) is 0 Å². The summed E-state index contributed by atoms with van der Waals surface area (Å²) in [5, 5.41) is 0. The van der Waals surface area contributed by atoms with Crippen LogP contribution in [0.4, 0.5) is 0 Å². The van der Waals surface area contributed by atoms with Crippen LogP contribution in [-0.2, 0) is 0 Å². The van der Waals surface area contributed by atoms with Gasteiger partial charge in [-0.15, -0.1) is 0 Å². The van der Waals surface area contributed by atoms with Gasteiger partial charge in [0.1, 0.15) is 0 Å². The van der Waals surface area contributed by atoms with Gasteiger partial charge in [-0.3, -0.25) is 0 Å². The van der Waals surface area contributed by atoms with Crippen LogP contribution in [0, 0.1) is 0 Å². The van der Waals surface area contributed by atoms with Gasteiger partial charge in [0.2, 0.25) is 0 Å². The molecule has 0 rings (SSSR count). The van der Waals surface area contributed by atoms with Crippen molar-refractivity contribution in [3.8, 4) is 0 Å². The molecule has 0 saturated heterocycles. The second-order valence-electron chi connectivity index (χ2n) is 11.1. The minimum atomic E-state index is 1.17. The molecule has 0 aliphatic carbocycles. The van der Waals surface area contributed by atoms with E-state index in [9.17, 15) is 0 Å². The first kappa shape index (κ1) is 33.2. The monoisotopic (exact) mass is 478 g/mol. The molecule has 0 heteroatoms. The van der Waals surface area contributed by atoms with Crippen LogP contribution in [0.25, 0.3) is 0 Å². The normalized spacial score (nSPS) is 13.8. The largest absolute Gasteiger partial charge is 0.0856 e. The Kier molecular flexibility index (Phi) is 20.3. The van der Waals surface area contributed by atoms with Crippen LogP contribution < -0.4 is 0 Å². The highest BCUT2D eigenvalue weighted by molar-refractivity contribution is 5.08. The lowest BCUT2D eigenvalue weighted by Crippen LogP contribution is -1.83. The minimum Gasteiger partial charge on any atom is -0.0856 e. The summed E-state index contributed by atoms with van der Waals surface area (Å²) >= 11 is 0. The summed E-state index contributed by atoms with van der Waals surface area (Å²) in [6.45, 7) is 20.1. The van der Waals surface area contributed by atoms with Gasteiger partial charge in [-0.1, -0.05) is 81.5 Å².